The molecule has 2 nitrogen and oxygen atoms in total. The van der Waals surface area contributed by atoms with Crippen molar-refractivity contribution in [3.05, 3.63) is 17.7 Å². The molecular weight excluding hydrogens is 136 g/mol. The summed E-state index contributed by atoms with van der Waals surface area (Å²) in [6.07, 6.45) is 1.77. The van der Waals surface area contributed by atoms with Crippen LogP contribution in [0.25, 0.3) is 0 Å². The minimum absolute atomic E-state index is 0.447. The Morgan fingerprint density at radius 3 is 2.73 bits per heavy atom. The van der Waals surface area contributed by atoms with Crippen LogP contribution in [0.4, 0.5) is 0 Å². The number of hydrogen-bond donors (Lipinski definition) is 1. The van der Waals surface area contributed by atoms with E-state index in [2.05, 4.69) is 35.7 Å². The molecule has 0 aliphatic carbocycles. The number of nitrogens with one attached hydrogen (secondary N) is 1. The first-order valence-electron chi connectivity index (χ1n) is 3.71. The van der Waals surface area contributed by atoms with Gasteiger partial charge in [0.05, 0.1) is 6.20 Å². The van der Waals surface area contributed by atoms with Gasteiger partial charge in [0.2, 0.25) is 0 Å². The summed E-state index contributed by atoms with van der Waals surface area (Å²) in [5.41, 5.74) is 0.899. The van der Waals surface area contributed by atoms with Gasteiger partial charge in [-0.1, -0.05) is 19.8 Å². The Labute approximate surface area is 67.0 Å². The van der Waals surface area contributed by atoms with E-state index < -0.39 is 0 Å². The molecule has 0 saturated carbocycles. The quantitative estimate of drug-likeness (QED) is 0.605. The van der Waals surface area contributed by atoms with E-state index in [0.29, 0.717) is 5.92 Å². The molecule has 0 saturated heterocycles. The summed E-state index contributed by atoms with van der Waals surface area (Å²) in [5, 5.41) is 0. The van der Waals surface area contributed by atoms with Gasteiger partial charge in [-0.15, -0.1) is 0 Å². The van der Waals surface area contributed by atoms with Gasteiger partial charge in [-0.2, -0.15) is 0 Å². The number of rotatable bonds is 1. The highest BCUT2D eigenvalue weighted by atomic mass is 14.9. The lowest BCUT2D eigenvalue weighted by atomic mass is 10.2. The van der Waals surface area contributed by atoms with Crippen molar-refractivity contribution in [3.63, 3.8) is 0 Å². The average Bonchev–Trinajstić information content (AvgIpc) is 2.37. The molecule has 0 aliphatic rings. The summed E-state index contributed by atoms with van der Waals surface area (Å²) in [4.78, 5) is 7.31. The van der Waals surface area contributed by atoms with Gasteiger partial charge in [-0.3, -0.25) is 0 Å². The lowest BCUT2D eigenvalue weighted by molar-refractivity contribution is 0.793. The Morgan fingerprint density at radius 2 is 2.27 bits per heavy atom. The summed E-state index contributed by atoms with van der Waals surface area (Å²) in [5.74, 6) is 7.18. The van der Waals surface area contributed by atoms with Crippen molar-refractivity contribution >= 4 is 0 Å². The lowest BCUT2D eigenvalue weighted by Gasteiger charge is -1.95. The third-order valence-electron chi connectivity index (χ3n) is 1.40. The normalized spacial score (nSPS) is 9.45. The van der Waals surface area contributed by atoms with Gasteiger partial charge in [0.1, 0.15) is 11.5 Å². The molecule has 0 bridgehead atoms. The van der Waals surface area contributed by atoms with Crippen molar-refractivity contribution in [2.45, 2.75) is 26.7 Å². The number of nitrogens with zero attached hydrogens (tertiary/aromatic N) is 1. The van der Waals surface area contributed by atoms with E-state index in [1.807, 2.05) is 6.92 Å². The molecule has 2 heteroatoms. The zero-order chi connectivity index (χ0) is 8.27. The topological polar surface area (TPSA) is 28.7 Å². The number of H-pyrrole nitrogens is 1. The van der Waals surface area contributed by atoms with Crippen molar-refractivity contribution in [3.8, 4) is 11.8 Å². The lowest BCUT2D eigenvalue weighted by Crippen LogP contribution is -1.89. The van der Waals surface area contributed by atoms with Crippen molar-refractivity contribution in [1.82, 2.24) is 9.97 Å². The van der Waals surface area contributed by atoms with Crippen LogP contribution in [-0.2, 0) is 0 Å². The van der Waals surface area contributed by atoms with Crippen LogP contribution >= 0.6 is 0 Å². The van der Waals surface area contributed by atoms with Crippen LogP contribution in [0.15, 0.2) is 6.20 Å². The summed E-state index contributed by atoms with van der Waals surface area (Å²) in [7, 11) is 0. The van der Waals surface area contributed by atoms with Crippen LogP contribution in [-0.4, -0.2) is 9.97 Å². The zero-order valence-electron chi connectivity index (χ0n) is 7.10. The monoisotopic (exact) mass is 148 g/mol. The Morgan fingerprint density at radius 1 is 1.55 bits per heavy atom. The Bertz CT molecular complexity index is 286. The highest BCUT2D eigenvalue weighted by molar-refractivity contribution is 5.25. The number of hydrogen-bond acceptors (Lipinski definition) is 1. The van der Waals surface area contributed by atoms with Crippen molar-refractivity contribution < 1.29 is 0 Å². The van der Waals surface area contributed by atoms with Crippen molar-refractivity contribution in [2.24, 2.45) is 0 Å². The van der Waals surface area contributed by atoms with Crippen LogP contribution < -0.4 is 0 Å². The smallest absolute Gasteiger partial charge is 0.109 e. The summed E-state index contributed by atoms with van der Waals surface area (Å²) in [6.45, 7) is 6.01. The van der Waals surface area contributed by atoms with E-state index in [9.17, 15) is 0 Å². The van der Waals surface area contributed by atoms with E-state index >= 15 is 0 Å². The molecule has 0 radical (unpaired) electrons. The predicted octanol–water partition coefficient (Wildman–Crippen LogP) is 1.90. The first-order chi connectivity index (χ1) is 5.24. The van der Waals surface area contributed by atoms with Crippen molar-refractivity contribution in [2.75, 3.05) is 0 Å². The van der Waals surface area contributed by atoms with Crippen LogP contribution in [0.2, 0.25) is 0 Å². The largest absolute Gasteiger partial charge is 0.335 e. The molecule has 0 aliphatic heterocycles. The fourth-order valence-corrected chi connectivity index (χ4v) is 0.828. The summed E-state index contributed by atoms with van der Waals surface area (Å²) < 4.78 is 0. The number of aromatic nitrogens is 2. The maximum atomic E-state index is 4.18. The van der Waals surface area contributed by atoms with Crippen LogP contribution in [0.3, 0.4) is 0 Å². The standard InChI is InChI=1S/C9H12N2/c1-4-5-8-6-10-9(11-8)7(2)3/h6-7H,1-3H3,(H,10,11). The van der Waals surface area contributed by atoms with Crippen LogP contribution in [0.1, 0.15) is 38.2 Å². The average molecular weight is 148 g/mol. The second-order valence-electron chi connectivity index (χ2n) is 2.71. The molecule has 0 spiro atoms. The molecule has 0 aromatic carbocycles. The van der Waals surface area contributed by atoms with E-state index in [-0.39, 0.29) is 0 Å². The number of aromatic amines is 1. The summed E-state index contributed by atoms with van der Waals surface area (Å²) in [6, 6.07) is 0. The fourth-order valence-electron chi connectivity index (χ4n) is 0.828. The van der Waals surface area contributed by atoms with E-state index in [1.54, 1.807) is 6.20 Å². The van der Waals surface area contributed by atoms with Gasteiger partial charge in [-0.25, -0.2) is 4.98 Å². The van der Waals surface area contributed by atoms with E-state index in [0.717, 1.165) is 11.5 Å². The van der Waals surface area contributed by atoms with E-state index in [4.69, 9.17) is 0 Å². The third kappa shape index (κ3) is 1.84. The molecule has 0 fully saturated rings. The first-order valence-corrected chi connectivity index (χ1v) is 3.71. The first kappa shape index (κ1) is 7.87. The van der Waals surface area contributed by atoms with Gasteiger partial charge in [0, 0.05) is 5.92 Å². The minimum atomic E-state index is 0.447. The highest BCUT2D eigenvalue weighted by Crippen LogP contribution is 2.08. The third-order valence-corrected chi connectivity index (χ3v) is 1.40. The molecule has 0 unspecified atom stereocenters. The molecule has 58 valence electrons. The second kappa shape index (κ2) is 3.25. The minimum Gasteiger partial charge on any atom is -0.335 e. The molecule has 1 heterocycles. The van der Waals surface area contributed by atoms with Gasteiger partial charge in [-0.05, 0) is 12.8 Å². The van der Waals surface area contributed by atoms with E-state index in [1.165, 1.54) is 0 Å². The number of imidazole rings is 1. The molecule has 1 N–H and O–H groups in total. The predicted molar refractivity (Wildman–Crippen MR) is 45.2 cm³/mol. The van der Waals surface area contributed by atoms with Crippen LogP contribution in [0, 0.1) is 11.8 Å². The molecule has 0 amide bonds. The molecule has 0 atom stereocenters. The van der Waals surface area contributed by atoms with Gasteiger partial charge < -0.3 is 4.98 Å². The maximum Gasteiger partial charge on any atom is 0.109 e. The van der Waals surface area contributed by atoms with Gasteiger partial charge >= 0.3 is 0 Å². The molecule has 11 heavy (non-hydrogen) atoms. The highest BCUT2D eigenvalue weighted by Gasteiger charge is 2.01. The zero-order valence-corrected chi connectivity index (χ0v) is 7.10. The van der Waals surface area contributed by atoms with Crippen LogP contribution in [0.5, 0.6) is 0 Å². The molecule has 1 aromatic heterocycles. The Hall–Kier alpha value is -1.23. The summed E-state index contributed by atoms with van der Waals surface area (Å²) >= 11 is 0. The SMILES string of the molecule is CC#Cc1cnc(C(C)C)[nH]1. The van der Waals surface area contributed by atoms with Gasteiger partial charge in [0.25, 0.3) is 0 Å². The Balaban J connectivity index is 2.87. The van der Waals surface area contributed by atoms with Crippen molar-refractivity contribution in [1.29, 1.82) is 0 Å². The molecule has 1 aromatic rings. The Kier molecular flexibility index (Phi) is 2.32. The second-order valence-corrected chi connectivity index (χ2v) is 2.71. The molecular formula is C9H12N2. The maximum absolute atomic E-state index is 4.18. The molecule has 1 rings (SSSR count). The fraction of sp³-hybridized carbons (Fsp3) is 0.444. The van der Waals surface area contributed by atoms with Gasteiger partial charge in [0.15, 0.2) is 0 Å².